The Morgan fingerprint density at radius 2 is 1.67 bits per heavy atom. The highest BCUT2D eigenvalue weighted by molar-refractivity contribution is 9.10. The highest BCUT2D eigenvalue weighted by Crippen LogP contribution is 2.34. The average molecular weight is 221 g/mol. The van der Waals surface area contributed by atoms with Crippen molar-refractivity contribution in [3.8, 4) is 11.1 Å². The van der Waals surface area contributed by atoms with E-state index in [4.69, 9.17) is 0 Å². The monoisotopic (exact) mass is 220 g/mol. The molecule has 12 heavy (non-hydrogen) atoms. The largest absolute Gasteiger partial charge is 0.0622 e. The van der Waals surface area contributed by atoms with Gasteiger partial charge in [-0.2, -0.15) is 0 Å². The molecule has 2 aliphatic rings. The first-order valence-corrected chi connectivity index (χ1v) is 4.72. The van der Waals surface area contributed by atoms with Crippen LogP contribution in [0.3, 0.4) is 0 Å². The number of rotatable bonds is 0. The van der Waals surface area contributed by atoms with Crippen LogP contribution in [0.25, 0.3) is 11.1 Å². The predicted molar refractivity (Wildman–Crippen MR) is 55.5 cm³/mol. The molecule has 0 bridgehead atoms. The molecule has 0 aromatic carbocycles. The molecular formula is C11H9Br. The first-order valence-electron chi connectivity index (χ1n) is 3.93. The quantitative estimate of drug-likeness (QED) is 0.633. The third-order valence-electron chi connectivity index (χ3n) is 2.06. The van der Waals surface area contributed by atoms with Gasteiger partial charge in [0.05, 0.1) is 0 Å². The third-order valence-corrected chi connectivity index (χ3v) is 2.72. The summed E-state index contributed by atoms with van der Waals surface area (Å²) in [6.45, 7) is 2.13. The van der Waals surface area contributed by atoms with Gasteiger partial charge in [0.2, 0.25) is 0 Å². The fourth-order valence-electron chi connectivity index (χ4n) is 1.44. The van der Waals surface area contributed by atoms with Crippen molar-refractivity contribution < 1.29 is 0 Å². The summed E-state index contributed by atoms with van der Waals surface area (Å²) in [7, 11) is 0. The van der Waals surface area contributed by atoms with Crippen LogP contribution in [-0.4, -0.2) is 0 Å². The molecule has 0 nitrogen and oxygen atoms in total. The summed E-state index contributed by atoms with van der Waals surface area (Å²) in [6, 6.07) is 12.6. The summed E-state index contributed by atoms with van der Waals surface area (Å²) >= 11 is 3.54. The van der Waals surface area contributed by atoms with Crippen LogP contribution >= 0.6 is 15.9 Å². The van der Waals surface area contributed by atoms with Gasteiger partial charge in [-0.05, 0) is 29.7 Å². The maximum absolute atomic E-state index is 3.54. The number of halogens is 1. The number of fused-ring (bicyclic) bond motifs is 1. The average Bonchev–Trinajstić information content (AvgIpc) is 2.29. The van der Waals surface area contributed by atoms with Crippen molar-refractivity contribution in [2.45, 2.75) is 6.92 Å². The molecule has 0 spiro atoms. The lowest BCUT2D eigenvalue weighted by Gasteiger charge is -1.93. The molecule has 2 aliphatic carbocycles. The summed E-state index contributed by atoms with van der Waals surface area (Å²) in [4.78, 5) is 0. The van der Waals surface area contributed by atoms with Gasteiger partial charge >= 0.3 is 0 Å². The molecule has 0 N–H and O–H groups in total. The molecule has 2 rings (SSSR count). The molecule has 0 amide bonds. The van der Waals surface area contributed by atoms with E-state index in [1.807, 2.05) is 6.07 Å². The number of hydrogen-bond acceptors (Lipinski definition) is 0. The van der Waals surface area contributed by atoms with Gasteiger partial charge in [-0.15, -0.1) is 0 Å². The van der Waals surface area contributed by atoms with E-state index >= 15 is 0 Å². The van der Waals surface area contributed by atoms with E-state index in [1.54, 1.807) is 0 Å². The Labute approximate surface area is 80.7 Å². The van der Waals surface area contributed by atoms with Crippen LogP contribution in [0, 0.1) is 6.92 Å². The molecule has 0 fully saturated rings. The Morgan fingerprint density at radius 1 is 1.00 bits per heavy atom. The molecule has 0 aliphatic heterocycles. The van der Waals surface area contributed by atoms with Crippen LogP contribution in [0.2, 0.25) is 0 Å². The zero-order chi connectivity index (χ0) is 8.55. The molecule has 0 saturated carbocycles. The minimum atomic E-state index is 1.19. The molecule has 0 aromatic heterocycles. The first-order chi connectivity index (χ1) is 5.79. The van der Waals surface area contributed by atoms with Crippen LogP contribution in [0.4, 0.5) is 0 Å². The minimum absolute atomic E-state index is 1.19. The van der Waals surface area contributed by atoms with Crippen molar-refractivity contribution in [2.75, 3.05) is 0 Å². The van der Waals surface area contributed by atoms with Crippen molar-refractivity contribution in [2.24, 2.45) is 0 Å². The summed E-state index contributed by atoms with van der Waals surface area (Å²) in [5.41, 5.74) is 3.94. The first kappa shape index (κ1) is 7.81. The normalized spacial score (nSPS) is 10.5. The van der Waals surface area contributed by atoms with Gasteiger partial charge < -0.3 is 0 Å². The summed E-state index contributed by atoms with van der Waals surface area (Å²) < 4.78 is 1.19. The molecule has 0 heterocycles. The summed E-state index contributed by atoms with van der Waals surface area (Å²) in [5.74, 6) is 0. The smallest absolute Gasteiger partial charge is 0.0256 e. The van der Waals surface area contributed by atoms with E-state index in [0.717, 1.165) is 0 Å². The van der Waals surface area contributed by atoms with Crippen LogP contribution in [-0.2, 0) is 0 Å². The van der Waals surface area contributed by atoms with Crippen molar-refractivity contribution in [3.63, 3.8) is 0 Å². The standard InChI is InChI=1S/C11H9Br/c1-8-7-11(12)10-6-4-2-3-5-9(8)10/h2-7H,1H3. The Bertz CT molecular complexity index is 345. The van der Waals surface area contributed by atoms with E-state index < -0.39 is 0 Å². The van der Waals surface area contributed by atoms with Crippen LogP contribution in [0.15, 0.2) is 40.9 Å². The van der Waals surface area contributed by atoms with Crippen LogP contribution in [0.1, 0.15) is 5.56 Å². The molecule has 0 unspecified atom stereocenters. The summed E-state index contributed by atoms with van der Waals surface area (Å²) in [6.07, 6.45) is 0. The molecule has 60 valence electrons. The fraction of sp³-hybridized carbons (Fsp3) is 0.0909. The van der Waals surface area contributed by atoms with Gasteiger partial charge in [-0.1, -0.05) is 46.3 Å². The second kappa shape index (κ2) is 2.91. The fourth-order valence-corrected chi connectivity index (χ4v) is 2.13. The lowest BCUT2D eigenvalue weighted by atomic mass is 10.1. The second-order valence-electron chi connectivity index (χ2n) is 2.91. The zero-order valence-electron chi connectivity index (χ0n) is 6.84. The van der Waals surface area contributed by atoms with Gasteiger partial charge in [0.15, 0.2) is 0 Å². The molecule has 1 heteroatoms. The third kappa shape index (κ3) is 1.14. The van der Waals surface area contributed by atoms with Gasteiger partial charge in [-0.25, -0.2) is 0 Å². The van der Waals surface area contributed by atoms with Gasteiger partial charge in [0.25, 0.3) is 0 Å². The Kier molecular flexibility index (Phi) is 1.89. The second-order valence-corrected chi connectivity index (χ2v) is 3.77. The molecular weight excluding hydrogens is 212 g/mol. The molecule has 0 saturated heterocycles. The molecule has 0 atom stereocenters. The van der Waals surface area contributed by atoms with Crippen molar-refractivity contribution in [1.82, 2.24) is 0 Å². The van der Waals surface area contributed by atoms with Gasteiger partial charge in [0.1, 0.15) is 0 Å². The lowest BCUT2D eigenvalue weighted by Crippen LogP contribution is -1.68. The number of aryl methyl sites for hydroxylation is 1. The topological polar surface area (TPSA) is 0 Å². The molecule has 0 radical (unpaired) electrons. The zero-order valence-corrected chi connectivity index (χ0v) is 8.43. The summed E-state index contributed by atoms with van der Waals surface area (Å²) in [5, 5.41) is 0. The van der Waals surface area contributed by atoms with Crippen molar-refractivity contribution >= 4 is 15.9 Å². The van der Waals surface area contributed by atoms with Gasteiger partial charge in [0, 0.05) is 4.47 Å². The Morgan fingerprint density at radius 3 is 2.42 bits per heavy atom. The van der Waals surface area contributed by atoms with Crippen molar-refractivity contribution in [1.29, 1.82) is 0 Å². The van der Waals surface area contributed by atoms with E-state index in [0.29, 0.717) is 0 Å². The van der Waals surface area contributed by atoms with Crippen LogP contribution in [0.5, 0.6) is 0 Å². The highest BCUT2D eigenvalue weighted by atomic mass is 79.9. The van der Waals surface area contributed by atoms with E-state index in [-0.39, 0.29) is 0 Å². The Balaban J connectivity index is 2.79. The SMILES string of the molecule is Cc1cc(Br)c2cccccc1-2. The maximum atomic E-state index is 3.54. The maximum Gasteiger partial charge on any atom is 0.0256 e. The lowest BCUT2D eigenvalue weighted by molar-refractivity contribution is 1.54. The van der Waals surface area contributed by atoms with Crippen LogP contribution < -0.4 is 0 Å². The predicted octanol–water partition coefficient (Wildman–Crippen LogP) is 3.86. The van der Waals surface area contributed by atoms with Gasteiger partial charge in [-0.3, -0.25) is 0 Å². The van der Waals surface area contributed by atoms with E-state index in [9.17, 15) is 0 Å². The highest BCUT2D eigenvalue weighted by Gasteiger charge is 2.08. The number of hydrogen-bond donors (Lipinski definition) is 0. The minimum Gasteiger partial charge on any atom is -0.0622 e. The van der Waals surface area contributed by atoms with E-state index in [1.165, 1.54) is 21.2 Å². The Hall–Kier alpha value is -0.820. The van der Waals surface area contributed by atoms with Crippen molar-refractivity contribution in [3.05, 3.63) is 46.4 Å². The van der Waals surface area contributed by atoms with E-state index in [2.05, 4.69) is 53.2 Å². The molecule has 0 aromatic rings.